The van der Waals surface area contributed by atoms with Gasteiger partial charge in [0.1, 0.15) is 6.04 Å². The number of carbonyl (C=O) groups is 2. The molecule has 1 amide bonds. The van der Waals surface area contributed by atoms with Gasteiger partial charge in [-0.1, -0.05) is 26.7 Å². The minimum absolute atomic E-state index is 0.0974. The van der Waals surface area contributed by atoms with Gasteiger partial charge >= 0.3 is 5.97 Å². The van der Waals surface area contributed by atoms with E-state index in [1.807, 2.05) is 0 Å². The largest absolute Gasteiger partial charge is 0.480 e. The number of hydrogen-bond acceptors (Lipinski definition) is 2. The molecule has 0 heterocycles. The van der Waals surface area contributed by atoms with Gasteiger partial charge in [-0.15, -0.1) is 6.42 Å². The minimum Gasteiger partial charge on any atom is -0.480 e. The van der Waals surface area contributed by atoms with Crippen molar-refractivity contribution in [3.8, 4) is 12.3 Å². The van der Waals surface area contributed by atoms with Crippen molar-refractivity contribution in [1.29, 1.82) is 0 Å². The summed E-state index contributed by atoms with van der Waals surface area (Å²) in [6.45, 7) is 5.21. The van der Waals surface area contributed by atoms with E-state index in [0.29, 0.717) is 0 Å². The third kappa shape index (κ3) is 3.94. The van der Waals surface area contributed by atoms with Crippen LogP contribution in [-0.4, -0.2) is 23.0 Å². The molecule has 0 aliphatic carbocycles. The summed E-state index contributed by atoms with van der Waals surface area (Å²) >= 11 is 0. The molecule has 0 aromatic heterocycles. The fraction of sp³-hybridized carbons (Fsp3) is 0.600. The van der Waals surface area contributed by atoms with Crippen molar-refractivity contribution in [2.75, 3.05) is 0 Å². The van der Waals surface area contributed by atoms with Gasteiger partial charge in [0, 0.05) is 0 Å². The van der Waals surface area contributed by atoms with E-state index in [4.69, 9.17) is 11.5 Å². The average Bonchev–Trinajstić information content (AvgIpc) is 1.98. The minimum atomic E-state index is -1.05. The lowest BCUT2D eigenvalue weighted by atomic mass is 9.87. The van der Waals surface area contributed by atoms with E-state index in [1.54, 1.807) is 20.8 Å². The molecule has 2 N–H and O–H groups in total. The molecule has 78 valence electrons. The lowest BCUT2D eigenvalue weighted by Gasteiger charge is -2.27. The van der Waals surface area contributed by atoms with Crippen LogP contribution in [0.25, 0.3) is 0 Å². The first-order valence-electron chi connectivity index (χ1n) is 4.24. The topological polar surface area (TPSA) is 66.4 Å². The first-order valence-corrected chi connectivity index (χ1v) is 4.24. The van der Waals surface area contributed by atoms with Crippen molar-refractivity contribution in [3.63, 3.8) is 0 Å². The highest BCUT2D eigenvalue weighted by Crippen LogP contribution is 2.19. The Bertz CT molecular complexity index is 270. The number of nitrogens with one attached hydrogen (secondary N) is 1. The average molecular weight is 197 g/mol. The first-order chi connectivity index (χ1) is 6.29. The third-order valence-electron chi connectivity index (χ3n) is 1.68. The normalized spacial score (nSPS) is 12.7. The summed E-state index contributed by atoms with van der Waals surface area (Å²) in [6.07, 6.45) is 4.83. The Labute approximate surface area is 83.7 Å². The smallest absolute Gasteiger partial charge is 0.326 e. The highest BCUT2D eigenvalue weighted by molar-refractivity contribution is 5.85. The molecule has 0 rings (SSSR count). The van der Waals surface area contributed by atoms with E-state index in [0.717, 1.165) is 0 Å². The molecule has 14 heavy (non-hydrogen) atoms. The van der Waals surface area contributed by atoms with Crippen LogP contribution in [0.1, 0.15) is 27.2 Å². The maximum absolute atomic E-state index is 11.1. The Kier molecular flexibility index (Phi) is 4.16. The fourth-order valence-corrected chi connectivity index (χ4v) is 0.953. The van der Waals surface area contributed by atoms with Gasteiger partial charge in [-0.25, -0.2) is 4.79 Å². The molecule has 0 fully saturated rings. The van der Waals surface area contributed by atoms with Crippen LogP contribution in [0.2, 0.25) is 0 Å². The first kappa shape index (κ1) is 12.5. The Morgan fingerprint density at radius 2 is 2.00 bits per heavy atom. The standard InChI is InChI=1S/C10H15NO3/c1-5-6-7(12)11-8(9(13)14)10(2,3)4/h1,8H,6H2,2-4H3,(H,11,12)(H,13,14). The molecule has 0 spiro atoms. The Morgan fingerprint density at radius 1 is 1.50 bits per heavy atom. The molecule has 1 atom stereocenters. The van der Waals surface area contributed by atoms with Crippen LogP contribution in [0.3, 0.4) is 0 Å². The van der Waals surface area contributed by atoms with Crippen molar-refractivity contribution in [1.82, 2.24) is 5.32 Å². The van der Waals surface area contributed by atoms with Crippen molar-refractivity contribution in [2.45, 2.75) is 33.2 Å². The van der Waals surface area contributed by atoms with Gasteiger partial charge in [-0.2, -0.15) is 0 Å². The number of rotatable bonds is 3. The van der Waals surface area contributed by atoms with Crippen molar-refractivity contribution >= 4 is 11.9 Å². The summed E-state index contributed by atoms with van der Waals surface area (Å²) < 4.78 is 0. The zero-order valence-corrected chi connectivity index (χ0v) is 8.63. The van der Waals surface area contributed by atoms with Crippen LogP contribution in [0.5, 0.6) is 0 Å². The summed E-state index contributed by atoms with van der Waals surface area (Å²) in [5.41, 5.74) is -0.532. The van der Waals surface area contributed by atoms with Crippen LogP contribution < -0.4 is 5.32 Å². The summed E-state index contributed by atoms with van der Waals surface area (Å²) in [7, 11) is 0. The highest BCUT2D eigenvalue weighted by Gasteiger charge is 2.32. The van der Waals surface area contributed by atoms with Gasteiger partial charge in [0.2, 0.25) is 5.91 Å². The predicted octanol–water partition coefficient (Wildman–Crippen LogP) is 0.625. The van der Waals surface area contributed by atoms with E-state index in [9.17, 15) is 9.59 Å². The van der Waals surface area contributed by atoms with E-state index >= 15 is 0 Å². The number of amides is 1. The van der Waals surface area contributed by atoms with Crippen molar-refractivity contribution < 1.29 is 14.7 Å². The Hall–Kier alpha value is -1.50. The number of carbonyl (C=O) groups excluding carboxylic acids is 1. The maximum Gasteiger partial charge on any atom is 0.326 e. The van der Waals surface area contributed by atoms with Gasteiger partial charge in [-0.05, 0) is 5.41 Å². The molecule has 4 nitrogen and oxygen atoms in total. The molecule has 0 aromatic rings. The third-order valence-corrected chi connectivity index (χ3v) is 1.68. The van der Waals surface area contributed by atoms with Crippen LogP contribution in [0.4, 0.5) is 0 Å². The molecule has 0 aliphatic rings. The van der Waals surface area contributed by atoms with E-state index < -0.39 is 23.3 Å². The number of carboxylic acids is 1. The second-order valence-electron chi connectivity index (χ2n) is 4.09. The van der Waals surface area contributed by atoms with Crippen molar-refractivity contribution in [2.24, 2.45) is 5.41 Å². The number of hydrogen-bond donors (Lipinski definition) is 2. The summed E-state index contributed by atoms with van der Waals surface area (Å²) in [4.78, 5) is 21.9. The monoisotopic (exact) mass is 197 g/mol. The van der Waals surface area contributed by atoms with Gasteiger partial charge in [-0.3, -0.25) is 4.79 Å². The molecule has 4 heteroatoms. The molecule has 0 aliphatic heterocycles. The number of aliphatic carboxylic acids is 1. The fourth-order valence-electron chi connectivity index (χ4n) is 0.953. The molecule has 0 saturated carbocycles. The molecule has 1 unspecified atom stereocenters. The zero-order chi connectivity index (χ0) is 11.4. The van der Waals surface area contributed by atoms with E-state index in [2.05, 4.69) is 11.2 Å². The zero-order valence-electron chi connectivity index (χ0n) is 8.63. The van der Waals surface area contributed by atoms with E-state index in [-0.39, 0.29) is 6.42 Å². The lowest BCUT2D eigenvalue weighted by Crippen LogP contribution is -2.48. The highest BCUT2D eigenvalue weighted by atomic mass is 16.4. The lowest BCUT2D eigenvalue weighted by molar-refractivity contribution is -0.144. The quantitative estimate of drug-likeness (QED) is 0.652. The van der Waals surface area contributed by atoms with E-state index in [1.165, 1.54) is 0 Å². The summed E-state index contributed by atoms with van der Waals surface area (Å²) in [5.74, 6) is 0.670. The number of carboxylic acid groups (broad SMARTS) is 1. The van der Waals surface area contributed by atoms with Gasteiger partial charge < -0.3 is 10.4 Å². The molecule has 0 saturated heterocycles. The van der Waals surface area contributed by atoms with Crippen LogP contribution in [0.15, 0.2) is 0 Å². The maximum atomic E-state index is 11.1. The van der Waals surface area contributed by atoms with Crippen LogP contribution >= 0.6 is 0 Å². The molecule has 0 radical (unpaired) electrons. The summed E-state index contributed by atoms with van der Waals surface area (Å²) in [5, 5.41) is 11.2. The number of terminal acetylenes is 1. The molecular formula is C10H15NO3. The van der Waals surface area contributed by atoms with Gasteiger partial charge in [0.15, 0.2) is 0 Å². The summed E-state index contributed by atoms with van der Waals surface area (Å²) in [6, 6.07) is -0.914. The SMILES string of the molecule is C#CCC(=O)NC(C(=O)O)C(C)(C)C. The van der Waals surface area contributed by atoms with Crippen LogP contribution in [0, 0.1) is 17.8 Å². The van der Waals surface area contributed by atoms with Gasteiger partial charge in [0.25, 0.3) is 0 Å². The van der Waals surface area contributed by atoms with Crippen LogP contribution in [-0.2, 0) is 9.59 Å². The molecule has 0 bridgehead atoms. The second kappa shape index (κ2) is 4.66. The Morgan fingerprint density at radius 3 is 2.29 bits per heavy atom. The van der Waals surface area contributed by atoms with Crippen molar-refractivity contribution in [3.05, 3.63) is 0 Å². The van der Waals surface area contributed by atoms with Gasteiger partial charge in [0.05, 0.1) is 6.42 Å². The second-order valence-corrected chi connectivity index (χ2v) is 4.09. The Balaban J connectivity index is 4.49. The molecule has 0 aromatic carbocycles. The predicted molar refractivity (Wildman–Crippen MR) is 52.5 cm³/mol. The molecular weight excluding hydrogens is 182 g/mol.